The van der Waals surface area contributed by atoms with E-state index in [4.69, 9.17) is 0 Å². The Hall–Kier alpha value is -2.09. The third-order valence-corrected chi connectivity index (χ3v) is 3.73. The van der Waals surface area contributed by atoms with Crippen LogP contribution in [0.5, 0.6) is 0 Å². The van der Waals surface area contributed by atoms with Gasteiger partial charge in [-0.3, -0.25) is 14.8 Å². The van der Waals surface area contributed by atoms with E-state index in [0.717, 1.165) is 23.7 Å². The maximum atomic E-state index is 11.0. The van der Waals surface area contributed by atoms with Crippen molar-refractivity contribution in [2.75, 3.05) is 11.9 Å². The lowest BCUT2D eigenvalue weighted by Crippen LogP contribution is -2.03. The van der Waals surface area contributed by atoms with Gasteiger partial charge >= 0.3 is 0 Å². The van der Waals surface area contributed by atoms with Crippen LogP contribution in [0.4, 0.5) is 11.5 Å². The molecule has 0 aromatic carbocycles. The van der Waals surface area contributed by atoms with Crippen LogP contribution >= 0.6 is 11.8 Å². The first-order chi connectivity index (χ1) is 9.99. The average Bonchev–Trinajstić information content (AvgIpc) is 2.74. The molecule has 0 fully saturated rings. The predicted molar refractivity (Wildman–Crippen MR) is 81.7 cm³/mol. The Balaban J connectivity index is 2.30. The van der Waals surface area contributed by atoms with Crippen molar-refractivity contribution in [1.82, 2.24) is 14.8 Å². The van der Waals surface area contributed by atoms with Gasteiger partial charge in [-0.2, -0.15) is 5.10 Å². The van der Waals surface area contributed by atoms with Gasteiger partial charge in [0.25, 0.3) is 5.69 Å². The molecule has 0 spiro atoms. The second-order valence-corrected chi connectivity index (χ2v) is 5.62. The summed E-state index contributed by atoms with van der Waals surface area (Å²) in [7, 11) is 1.84. The van der Waals surface area contributed by atoms with Gasteiger partial charge in [-0.15, -0.1) is 0 Å². The molecule has 2 rings (SSSR count). The van der Waals surface area contributed by atoms with Gasteiger partial charge in [-0.05, 0) is 19.4 Å². The highest BCUT2D eigenvalue weighted by Crippen LogP contribution is 2.30. The van der Waals surface area contributed by atoms with Crippen molar-refractivity contribution in [1.29, 1.82) is 0 Å². The molecule has 0 aliphatic carbocycles. The maximum Gasteiger partial charge on any atom is 0.275 e. The summed E-state index contributed by atoms with van der Waals surface area (Å²) < 4.78 is 1.74. The highest BCUT2D eigenvalue weighted by Gasteiger charge is 2.13. The molecular formula is C13H17N5O2S. The van der Waals surface area contributed by atoms with Crippen LogP contribution in [0.2, 0.25) is 0 Å². The quantitative estimate of drug-likeness (QED) is 0.652. The van der Waals surface area contributed by atoms with Gasteiger partial charge in [-0.25, -0.2) is 4.98 Å². The monoisotopic (exact) mass is 307 g/mol. The Morgan fingerprint density at radius 3 is 2.76 bits per heavy atom. The number of aryl methyl sites for hydroxylation is 2. The normalized spacial score (nSPS) is 10.6. The van der Waals surface area contributed by atoms with Crippen LogP contribution in [0.3, 0.4) is 0 Å². The second kappa shape index (κ2) is 6.57. The van der Waals surface area contributed by atoms with Gasteiger partial charge < -0.3 is 5.32 Å². The van der Waals surface area contributed by atoms with Crippen LogP contribution in [-0.2, 0) is 7.05 Å². The number of aromatic nitrogens is 3. The summed E-state index contributed by atoms with van der Waals surface area (Å²) in [5, 5.41) is 19.8. The van der Waals surface area contributed by atoms with Gasteiger partial charge in [0.15, 0.2) is 0 Å². The minimum Gasteiger partial charge on any atom is -0.370 e. The summed E-state index contributed by atoms with van der Waals surface area (Å²) in [5.74, 6) is 0.521. The first-order valence-electron chi connectivity index (χ1n) is 6.58. The zero-order valence-electron chi connectivity index (χ0n) is 12.2. The second-order valence-electron chi connectivity index (χ2n) is 4.58. The summed E-state index contributed by atoms with van der Waals surface area (Å²) in [6.07, 6.45) is 0.924. The molecule has 0 aliphatic heterocycles. The summed E-state index contributed by atoms with van der Waals surface area (Å²) in [4.78, 5) is 15.0. The fourth-order valence-corrected chi connectivity index (χ4v) is 2.72. The van der Waals surface area contributed by atoms with Crippen molar-refractivity contribution in [3.05, 3.63) is 34.0 Å². The third kappa shape index (κ3) is 3.94. The van der Waals surface area contributed by atoms with E-state index in [-0.39, 0.29) is 5.69 Å². The van der Waals surface area contributed by atoms with Crippen LogP contribution in [-0.4, -0.2) is 26.2 Å². The molecule has 2 heterocycles. The van der Waals surface area contributed by atoms with Crippen LogP contribution in [0.15, 0.2) is 28.3 Å². The SMILES string of the molecule is CCCNc1cc([N+](=O)[O-])cc(Sc2cc(C)nn2C)n1. The first-order valence-corrected chi connectivity index (χ1v) is 7.40. The number of hydrogen-bond acceptors (Lipinski definition) is 6. The fraction of sp³-hybridized carbons (Fsp3) is 0.385. The Kier molecular flexibility index (Phi) is 4.79. The minimum atomic E-state index is -0.405. The molecule has 2 aromatic heterocycles. The smallest absolute Gasteiger partial charge is 0.275 e. The van der Waals surface area contributed by atoms with Crippen molar-refractivity contribution in [2.24, 2.45) is 7.05 Å². The molecule has 21 heavy (non-hydrogen) atoms. The Morgan fingerprint density at radius 2 is 2.19 bits per heavy atom. The molecule has 0 aliphatic rings. The lowest BCUT2D eigenvalue weighted by Gasteiger charge is -2.06. The highest BCUT2D eigenvalue weighted by molar-refractivity contribution is 7.99. The van der Waals surface area contributed by atoms with Crippen LogP contribution in [0.1, 0.15) is 19.0 Å². The van der Waals surface area contributed by atoms with E-state index in [2.05, 4.69) is 15.4 Å². The predicted octanol–water partition coefficient (Wildman–Crippen LogP) is 3.00. The molecule has 0 bridgehead atoms. The van der Waals surface area contributed by atoms with E-state index in [1.54, 1.807) is 4.68 Å². The molecule has 112 valence electrons. The summed E-state index contributed by atoms with van der Waals surface area (Å²) in [6, 6.07) is 4.85. The molecule has 0 radical (unpaired) electrons. The third-order valence-electron chi connectivity index (χ3n) is 2.72. The molecule has 2 aromatic rings. The Labute approximate surface area is 126 Å². The van der Waals surface area contributed by atoms with Crippen molar-refractivity contribution < 1.29 is 4.92 Å². The zero-order valence-corrected chi connectivity index (χ0v) is 13.0. The van der Waals surface area contributed by atoms with Crippen LogP contribution in [0.25, 0.3) is 0 Å². The van der Waals surface area contributed by atoms with Crippen molar-refractivity contribution >= 4 is 23.3 Å². The maximum absolute atomic E-state index is 11.0. The van der Waals surface area contributed by atoms with E-state index >= 15 is 0 Å². The van der Waals surface area contributed by atoms with Gasteiger partial charge in [0, 0.05) is 19.7 Å². The first kappa shape index (κ1) is 15.3. The molecule has 0 atom stereocenters. The van der Waals surface area contributed by atoms with Crippen molar-refractivity contribution in [3.8, 4) is 0 Å². The van der Waals surface area contributed by atoms with Crippen molar-refractivity contribution in [3.63, 3.8) is 0 Å². The number of nitrogens with one attached hydrogen (secondary N) is 1. The molecule has 1 N–H and O–H groups in total. The lowest BCUT2D eigenvalue weighted by molar-refractivity contribution is -0.385. The number of pyridine rings is 1. The summed E-state index contributed by atoms with van der Waals surface area (Å²) in [6.45, 7) is 4.65. The fourth-order valence-electron chi connectivity index (χ4n) is 1.78. The van der Waals surface area contributed by atoms with Gasteiger partial charge in [-0.1, -0.05) is 18.7 Å². The van der Waals surface area contributed by atoms with Crippen LogP contribution in [0, 0.1) is 17.0 Å². The van der Waals surface area contributed by atoms with Gasteiger partial charge in [0.2, 0.25) is 0 Å². The number of hydrogen-bond donors (Lipinski definition) is 1. The van der Waals surface area contributed by atoms with E-state index in [0.29, 0.717) is 10.8 Å². The lowest BCUT2D eigenvalue weighted by atomic mass is 10.4. The van der Waals surface area contributed by atoms with E-state index in [9.17, 15) is 10.1 Å². The number of rotatable bonds is 6. The topological polar surface area (TPSA) is 85.9 Å². The molecule has 8 heteroatoms. The van der Waals surface area contributed by atoms with E-state index in [1.807, 2.05) is 27.0 Å². The number of anilines is 1. The van der Waals surface area contributed by atoms with Gasteiger partial charge in [0.05, 0.1) is 16.7 Å². The number of nitrogens with zero attached hydrogens (tertiary/aromatic N) is 4. The van der Waals surface area contributed by atoms with E-state index < -0.39 is 4.92 Å². The van der Waals surface area contributed by atoms with E-state index in [1.165, 1.54) is 23.9 Å². The Bertz CT molecular complexity index is 656. The largest absolute Gasteiger partial charge is 0.370 e. The standard InChI is InChI=1S/C13H17N5O2S/c1-4-5-14-11-7-10(18(19)20)8-12(15-11)21-13-6-9(2)16-17(13)3/h6-8H,4-5H2,1-3H3,(H,14,15). The van der Waals surface area contributed by atoms with Gasteiger partial charge in [0.1, 0.15) is 15.9 Å². The molecule has 7 nitrogen and oxygen atoms in total. The minimum absolute atomic E-state index is 0.0324. The molecule has 0 unspecified atom stereocenters. The zero-order chi connectivity index (χ0) is 15.4. The molecule has 0 saturated carbocycles. The highest BCUT2D eigenvalue weighted by atomic mass is 32.2. The molecule has 0 saturated heterocycles. The molecular weight excluding hydrogens is 290 g/mol. The van der Waals surface area contributed by atoms with Crippen molar-refractivity contribution in [2.45, 2.75) is 30.3 Å². The summed E-state index contributed by atoms with van der Waals surface area (Å²) >= 11 is 1.36. The Morgan fingerprint density at radius 1 is 1.43 bits per heavy atom. The number of nitro groups is 1. The van der Waals surface area contributed by atoms with Crippen LogP contribution < -0.4 is 5.32 Å². The summed E-state index contributed by atoms with van der Waals surface area (Å²) in [5.41, 5.74) is 0.930. The average molecular weight is 307 g/mol. The molecule has 0 amide bonds.